The Bertz CT molecular complexity index is 701. The molecule has 2 aromatic carbocycles. The molecule has 0 saturated carbocycles. The summed E-state index contributed by atoms with van der Waals surface area (Å²) in [6.45, 7) is 3.09. The monoisotopic (exact) mass is 385 g/mol. The van der Waals surface area contributed by atoms with Crippen molar-refractivity contribution in [3.63, 3.8) is 0 Å². The third-order valence-corrected chi connectivity index (χ3v) is 5.45. The molecule has 0 aromatic heterocycles. The number of hydrogen-bond donors (Lipinski definition) is 2. The Kier molecular flexibility index (Phi) is 7.86. The van der Waals surface area contributed by atoms with Gasteiger partial charge in [-0.25, -0.2) is 0 Å². The van der Waals surface area contributed by atoms with Crippen LogP contribution in [0.5, 0.6) is 5.75 Å². The minimum Gasteiger partial charge on any atom is -0.496 e. The van der Waals surface area contributed by atoms with E-state index in [9.17, 15) is 10.2 Å². The summed E-state index contributed by atoms with van der Waals surface area (Å²) < 4.78 is 11.0. The van der Waals surface area contributed by atoms with Crippen molar-refractivity contribution in [2.24, 2.45) is 5.92 Å². The average Bonchev–Trinajstić information content (AvgIpc) is 2.75. The zero-order valence-corrected chi connectivity index (χ0v) is 16.5. The molecule has 28 heavy (non-hydrogen) atoms. The van der Waals surface area contributed by atoms with Crippen LogP contribution in [0.2, 0.25) is 0 Å². The Hall–Kier alpha value is -1.92. The molecule has 3 rings (SSSR count). The predicted octanol–water partition coefficient (Wildman–Crippen LogP) is 3.02. The lowest BCUT2D eigenvalue weighted by atomic mass is 9.87. The second-order valence-corrected chi connectivity index (χ2v) is 7.47. The average molecular weight is 386 g/mol. The lowest BCUT2D eigenvalue weighted by Gasteiger charge is -2.35. The third kappa shape index (κ3) is 5.79. The number of β-amino-alcohol motifs (C(OH)–C–C–N with tert-alkyl or cyclic N) is 1. The van der Waals surface area contributed by atoms with Crippen molar-refractivity contribution in [2.45, 2.75) is 31.7 Å². The number of para-hydroxylation sites is 1. The number of piperidine rings is 1. The van der Waals surface area contributed by atoms with E-state index in [0.29, 0.717) is 19.8 Å². The summed E-state index contributed by atoms with van der Waals surface area (Å²) in [7, 11) is 1.64. The molecule has 1 fully saturated rings. The van der Waals surface area contributed by atoms with Gasteiger partial charge in [0.15, 0.2) is 0 Å². The number of hydrogen-bond acceptors (Lipinski definition) is 5. The Morgan fingerprint density at radius 1 is 1.00 bits per heavy atom. The quantitative estimate of drug-likeness (QED) is 0.695. The first-order valence-corrected chi connectivity index (χ1v) is 10.0. The highest BCUT2D eigenvalue weighted by atomic mass is 16.5. The minimum atomic E-state index is -0.523. The van der Waals surface area contributed by atoms with Gasteiger partial charge < -0.3 is 24.6 Å². The summed E-state index contributed by atoms with van der Waals surface area (Å²) in [5.74, 6) is 1.08. The van der Waals surface area contributed by atoms with E-state index < -0.39 is 12.2 Å². The molecule has 0 radical (unpaired) electrons. The molecular weight excluding hydrogens is 354 g/mol. The fraction of sp³-hybridized carbons (Fsp3) is 0.478. The zero-order valence-electron chi connectivity index (χ0n) is 16.5. The molecule has 1 aliphatic rings. The predicted molar refractivity (Wildman–Crippen MR) is 109 cm³/mol. The number of aliphatic hydroxyl groups excluding tert-OH is 2. The van der Waals surface area contributed by atoms with Crippen LogP contribution >= 0.6 is 0 Å². The molecule has 152 valence electrons. The van der Waals surface area contributed by atoms with Crippen LogP contribution in [0.1, 0.15) is 30.1 Å². The number of rotatable bonds is 9. The Morgan fingerprint density at radius 2 is 1.68 bits per heavy atom. The van der Waals surface area contributed by atoms with Gasteiger partial charge in [-0.05, 0) is 43.5 Å². The molecule has 1 aliphatic heterocycles. The number of aliphatic hydroxyl groups is 2. The van der Waals surface area contributed by atoms with E-state index >= 15 is 0 Å². The number of ether oxygens (including phenoxy) is 2. The summed E-state index contributed by atoms with van der Waals surface area (Å²) >= 11 is 0. The molecule has 1 heterocycles. The van der Waals surface area contributed by atoms with Crippen LogP contribution in [-0.2, 0) is 11.3 Å². The van der Waals surface area contributed by atoms with Crippen LogP contribution in [0.15, 0.2) is 54.6 Å². The third-order valence-electron chi connectivity index (χ3n) is 5.45. The molecule has 5 heteroatoms. The van der Waals surface area contributed by atoms with Gasteiger partial charge in [-0.3, -0.25) is 0 Å². The SMILES string of the molecule is COc1ccccc1COCC(O)CN1CCC(C(O)c2ccccc2)CC1. The Morgan fingerprint density at radius 3 is 2.39 bits per heavy atom. The Labute approximate surface area is 167 Å². The van der Waals surface area contributed by atoms with Gasteiger partial charge in [0, 0.05) is 12.1 Å². The normalized spacial score (nSPS) is 18.0. The van der Waals surface area contributed by atoms with Crippen molar-refractivity contribution in [1.29, 1.82) is 0 Å². The van der Waals surface area contributed by atoms with Gasteiger partial charge >= 0.3 is 0 Å². The zero-order chi connectivity index (χ0) is 19.8. The first-order chi connectivity index (χ1) is 13.7. The minimum absolute atomic E-state index is 0.276. The van der Waals surface area contributed by atoms with E-state index in [4.69, 9.17) is 9.47 Å². The first kappa shape index (κ1) is 20.8. The fourth-order valence-electron chi connectivity index (χ4n) is 3.85. The van der Waals surface area contributed by atoms with E-state index in [0.717, 1.165) is 42.8 Å². The van der Waals surface area contributed by atoms with Gasteiger partial charge in [-0.15, -0.1) is 0 Å². The molecule has 5 nitrogen and oxygen atoms in total. The summed E-state index contributed by atoms with van der Waals surface area (Å²) in [5.41, 5.74) is 1.97. The van der Waals surface area contributed by atoms with Crippen LogP contribution in [0.25, 0.3) is 0 Å². The molecule has 0 bridgehead atoms. The molecule has 0 aliphatic carbocycles. The fourth-order valence-corrected chi connectivity index (χ4v) is 3.85. The van der Waals surface area contributed by atoms with Crippen molar-refractivity contribution in [1.82, 2.24) is 4.90 Å². The summed E-state index contributed by atoms with van der Waals surface area (Å²) in [6.07, 6.45) is 0.943. The van der Waals surface area contributed by atoms with Gasteiger partial charge in [0.1, 0.15) is 5.75 Å². The highest BCUT2D eigenvalue weighted by Gasteiger charge is 2.27. The number of nitrogens with zero attached hydrogens (tertiary/aromatic N) is 1. The maximum absolute atomic E-state index is 10.6. The van der Waals surface area contributed by atoms with E-state index in [2.05, 4.69) is 4.90 Å². The van der Waals surface area contributed by atoms with E-state index in [1.54, 1.807) is 7.11 Å². The van der Waals surface area contributed by atoms with E-state index in [-0.39, 0.29) is 5.92 Å². The largest absolute Gasteiger partial charge is 0.496 e. The Balaban J connectivity index is 1.37. The maximum atomic E-state index is 10.6. The van der Waals surface area contributed by atoms with E-state index in [1.165, 1.54) is 0 Å². The van der Waals surface area contributed by atoms with Crippen LogP contribution in [0, 0.1) is 5.92 Å². The van der Waals surface area contributed by atoms with Crippen molar-refractivity contribution in [2.75, 3.05) is 33.4 Å². The summed E-state index contributed by atoms with van der Waals surface area (Å²) in [4.78, 5) is 2.26. The van der Waals surface area contributed by atoms with Crippen LogP contribution < -0.4 is 4.74 Å². The van der Waals surface area contributed by atoms with Crippen LogP contribution in [0.3, 0.4) is 0 Å². The molecule has 1 saturated heterocycles. The lowest BCUT2D eigenvalue weighted by molar-refractivity contribution is -0.00383. The highest BCUT2D eigenvalue weighted by molar-refractivity contribution is 5.32. The van der Waals surface area contributed by atoms with Gasteiger partial charge in [0.2, 0.25) is 0 Å². The molecule has 0 spiro atoms. The first-order valence-electron chi connectivity index (χ1n) is 10.0. The number of likely N-dealkylation sites (tertiary alicyclic amines) is 1. The van der Waals surface area contributed by atoms with Crippen molar-refractivity contribution in [3.8, 4) is 5.75 Å². The summed E-state index contributed by atoms with van der Waals surface area (Å²) in [6, 6.07) is 17.6. The second-order valence-electron chi connectivity index (χ2n) is 7.47. The maximum Gasteiger partial charge on any atom is 0.124 e. The van der Waals surface area contributed by atoms with Gasteiger partial charge in [0.25, 0.3) is 0 Å². The van der Waals surface area contributed by atoms with Crippen molar-refractivity contribution >= 4 is 0 Å². The van der Waals surface area contributed by atoms with Crippen molar-refractivity contribution in [3.05, 3.63) is 65.7 Å². The number of benzene rings is 2. The van der Waals surface area contributed by atoms with Gasteiger partial charge in [-0.2, -0.15) is 0 Å². The molecule has 2 aromatic rings. The van der Waals surface area contributed by atoms with E-state index in [1.807, 2.05) is 54.6 Å². The molecular formula is C23H31NO4. The second kappa shape index (κ2) is 10.6. The molecule has 0 amide bonds. The van der Waals surface area contributed by atoms with Gasteiger partial charge in [-0.1, -0.05) is 48.5 Å². The molecule has 2 atom stereocenters. The summed E-state index contributed by atoms with van der Waals surface area (Å²) in [5, 5.41) is 20.9. The van der Waals surface area contributed by atoms with Gasteiger partial charge in [0.05, 0.1) is 32.5 Å². The molecule has 2 N–H and O–H groups in total. The molecule has 2 unspecified atom stereocenters. The highest BCUT2D eigenvalue weighted by Crippen LogP contribution is 2.30. The van der Waals surface area contributed by atoms with Crippen LogP contribution in [-0.4, -0.2) is 54.6 Å². The standard InChI is InChI=1S/C23H31NO4/c1-27-22-10-6-5-9-20(22)16-28-17-21(25)15-24-13-11-19(12-14-24)23(26)18-7-3-2-4-8-18/h2-10,19,21,23,25-26H,11-17H2,1H3. The number of methoxy groups -OCH3 is 1. The smallest absolute Gasteiger partial charge is 0.124 e. The topological polar surface area (TPSA) is 62.2 Å². The lowest BCUT2D eigenvalue weighted by Crippen LogP contribution is -2.41. The van der Waals surface area contributed by atoms with Crippen molar-refractivity contribution < 1.29 is 19.7 Å². The van der Waals surface area contributed by atoms with Crippen LogP contribution in [0.4, 0.5) is 0 Å².